The monoisotopic (exact) mass is 234 g/mol. The zero-order chi connectivity index (χ0) is 13.2. The van der Waals surface area contributed by atoms with E-state index in [1.54, 1.807) is 20.8 Å². The van der Waals surface area contributed by atoms with Gasteiger partial charge in [-0.25, -0.2) is 4.39 Å². The fourth-order valence-electron chi connectivity index (χ4n) is 1.22. The van der Waals surface area contributed by atoms with Crippen LogP contribution < -0.4 is 11.1 Å². The van der Waals surface area contributed by atoms with Gasteiger partial charge >= 0.3 is 0 Å². The Hall–Kier alpha value is -2.02. The summed E-state index contributed by atoms with van der Waals surface area (Å²) < 4.78 is 13.4. The molecule has 0 aliphatic heterocycles. The molecule has 0 aliphatic rings. The first-order valence-corrected chi connectivity index (χ1v) is 5.13. The molecule has 1 rings (SSSR count). The third-order valence-corrected chi connectivity index (χ3v) is 2.43. The van der Waals surface area contributed by atoms with Crippen molar-refractivity contribution in [1.29, 1.82) is 0 Å². The van der Waals surface area contributed by atoms with Gasteiger partial charge in [-0.15, -0.1) is 6.42 Å². The van der Waals surface area contributed by atoms with E-state index < -0.39 is 17.3 Å². The molecule has 0 spiro atoms. The van der Waals surface area contributed by atoms with Gasteiger partial charge in [-0.05, 0) is 32.9 Å². The average Bonchev–Trinajstić information content (AvgIpc) is 2.24. The second-order valence-corrected chi connectivity index (χ2v) is 4.40. The van der Waals surface area contributed by atoms with Crippen molar-refractivity contribution in [2.75, 3.05) is 5.73 Å². The quantitative estimate of drug-likeness (QED) is 0.606. The van der Waals surface area contributed by atoms with Gasteiger partial charge in [0.25, 0.3) is 5.91 Å². The van der Waals surface area contributed by atoms with Gasteiger partial charge in [-0.3, -0.25) is 4.79 Å². The number of terminal acetylenes is 1. The van der Waals surface area contributed by atoms with Gasteiger partial charge in [0.2, 0.25) is 0 Å². The lowest BCUT2D eigenvalue weighted by molar-refractivity contribution is 0.0929. The highest BCUT2D eigenvalue weighted by Gasteiger charge is 2.19. The second kappa shape index (κ2) is 4.46. The molecule has 0 aliphatic carbocycles. The highest BCUT2D eigenvalue weighted by Crippen LogP contribution is 2.18. The molecule has 0 atom stereocenters. The van der Waals surface area contributed by atoms with Crippen LogP contribution in [0.1, 0.15) is 29.8 Å². The molecule has 0 radical (unpaired) electrons. The first-order chi connectivity index (χ1) is 7.76. The summed E-state index contributed by atoms with van der Waals surface area (Å²) in [6.07, 6.45) is 5.25. The lowest BCUT2D eigenvalue weighted by Gasteiger charge is -2.19. The van der Waals surface area contributed by atoms with E-state index in [1.165, 1.54) is 6.07 Å². The number of hydrogen-bond donors (Lipinski definition) is 2. The van der Waals surface area contributed by atoms with Gasteiger partial charge in [0.15, 0.2) is 0 Å². The van der Waals surface area contributed by atoms with Crippen LogP contribution >= 0.6 is 0 Å². The van der Waals surface area contributed by atoms with Crippen molar-refractivity contribution in [3.05, 3.63) is 29.1 Å². The fraction of sp³-hybridized carbons (Fsp3) is 0.308. The van der Waals surface area contributed by atoms with E-state index in [4.69, 9.17) is 12.2 Å². The summed E-state index contributed by atoms with van der Waals surface area (Å²) in [5.74, 6) is 1.47. The molecule has 0 aromatic heterocycles. The number of amides is 1. The molecule has 1 aromatic carbocycles. The van der Waals surface area contributed by atoms with Gasteiger partial charge in [-0.2, -0.15) is 0 Å². The Balaban J connectivity index is 3.03. The number of anilines is 1. The van der Waals surface area contributed by atoms with Gasteiger partial charge in [-0.1, -0.05) is 5.92 Å². The minimum absolute atomic E-state index is 0.161. The molecule has 0 bridgehead atoms. The summed E-state index contributed by atoms with van der Waals surface area (Å²) in [6, 6.07) is 2.58. The first kappa shape index (κ1) is 13.0. The van der Waals surface area contributed by atoms with Gasteiger partial charge in [0.1, 0.15) is 5.82 Å². The van der Waals surface area contributed by atoms with Crippen LogP contribution in [-0.2, 0) is 0 Å². The summed E-state index contributed by atoms with van der Waals surface area (Å²) in [7, 11) is 0. The van der Waals surface area contributed by atoms with Crippen LogP contribution in [0.25, 0.3) is 0 Å². The lowest BCUT2D eigenvalue weighted by Crippen LogP contribution is -2.42. The Bertz CT molecular complexity index is 478. The summed E-state index contributed by atoms with van der Waals surface area (Å²) in [4.78, 5) is 11.8. The van der Waals surface area contributed by atoms with Crippen molar-refractivity contribution in [2.24, 2.45) is 0 Å². The van der Waals surface area contributed by atoms with Crippen molar-refractivity contribution in [1.82, 2.24) is 5.32 Å². The Morgan fingerprint density at radius 1 is 1.53 bits per heavy atom. The minimum Gasteiger partial charge on any atom is -0.398 e. The van der Waals surface area contributed by atoms with Crippen LogP contribution in [-0.4, -0.2) is 11.4 Å². The maximum atomic E-state index is 13.4. The molecular weight excluding hydrogens is 219 g/mol. The molecule has 1 aromatic rings. The molecule has 0 fully saturated rings. The third-order valence-electron chi connectivity index (χ3n) is 2.43. The van der Waals surface area contributed by atoms with Gasteiger partial charge in [0, 0.05) is 16.8 Å². The number of hydrogen-bond acceptors (Lipinski definition) is 2. The Kier molecular flexibility index (Phi) is 3.42. The highest BCUT2D eigenvalue weighted by atomic mass is 19.1. The van der Waals surface area contributed by atoms with E-state index >= 15 is 0 Å². The van der Waals surface area contributed by atoms with Crippen molar-refractivity contribution in [3.63, 3.8) is 0 Å². The SMILES string of the molecule is C#CC(C)(C)NC(=O)c1cc(N)c(C)c(F)c1. The molecule has 3 nitrogen and oxygen atoms in total. The maximum absolute atomic E-state index is 13.4. The predicted molar refractivity (Wildman–Crippen MR) is 65.9 cm³/mol. The van der Waals surface area contributed by atoms with E-state index in [0.29, 0.717) is 5.56 Å². The van der Waals surface area contributed by atoms with Crippen molar-refractivity contribution >= 4 is 11.6 Å². The van der Waals surface area contributed by atoms with E-state index in [9.17, 15) is 9.18 Å². The van der Waals surface area contributed by atoms with E-state index in [-0.39, 0.29) is 11.3 Å². The Morgan fingerprint density at radius 2 is 2.12 bits per heavy atom. The van der Waals surface area contributed by atoms with Crippen molar-refractivity contribution in [2.45, 2.75) is 26.3 Å². The summed E-state index contributed by atoms with van der Waals surface area (Å²) in [5, 5.41) is 2.60. The number of halogens is 1. The van der Waals surface area contributed by atoms with Crippen LogP contribution in [0.15, 0.2) is 12.1 Å². The number of benzene rings is 1. The number of rotatable bonds is 2. The predicted octanol–water partition coefficient (Wildman–Crippen LogP) is 1.86. The highest BCUT2D eigenvalue weighted by molar-refractivity contribution is 5.96. The van der Waals surface area contributed by atoms with E-state index in [2.05, 4.69) is 11.2 Å². The lowest BCUT2D eigenvalue weighted by atomic mass is 10.0. The van der Waals surface area contributed by atoms with Gasteiger partial charge in [0.05, 0.1) is 5.54 Å². The van der Waals surface area contributed by atoms with Crippen molar-refractivity contribution in [3.8, 4) is 12.3 Å². The summed E-state index contributed by atoms with van der Waals surface area (Å²) in [6.45, 7) is 4.91. The standard InChI is InChI=1S/C13H15FN2O/c1-5-13(3,4)16-12(17)9-6-10(14)8(2)11(15)7-9/h1,6-7H,15H2,2-4H3,(H,16,17). The molecule has 4 heteroatoms. The second-order valence-electron chi connectivity index (χ2n) is 4.40. The van der Waals surface area contributed by atoms with Crippen LogP contribution in [0.2, 0.25) is 0 Å². The minimum atomic E-state index is -0.785. The van der Waals surface area contributed by atoms with Crippen LogP contribution in [0, 0.1) is 25.1 Å². The molecule has 0 saturated heterocycles. The van der Waals surface area contributed by atoms with Crippen molar-refractivity contribution < 1.29 is 9.18 Å². The molecular formula is C13H15FN2O. The smallest absolute Gasteiger partial charge is 0.252 e. The Labute approximate surface area is 100 Å². The summed E-state index contributed by atoms with van der Waals surface area (Å²) >= 11 is 0. The molecule has 0 unspecified atom stereocenters. The van der Waals surface area contributed by atoms with E-state index in [0.717, 1.165) is 6.07 Å². The maximum Gasteiger partial charge on any atom is 0.252 e. The molecule has 0 heterocycles. The molecule has 1 amide bonds. The zero-order valence-electron chi connectivity index (χ0n) is 10.1. The van der Waals surface area contributed by atoms with Crippen LogP contribution in [0.4, 0.5) is 10.1 Å². The average molecular weight is 234 g/mol. The largest absolute Gasteiger partial charge is 0.398 e. The van der Waals surface area contributed by atoms with E-state index in [1.807, 2.05) is 0 Å². The fourth-order valence-corrected chi connectivity index (χ4v) is 1.22. The number of nitrogens with two attached hydrogens (primary N) is 1. The number of nitrogen functional groups attached to an aromatic ring is 1. The molecule has 17 heavy (non-hydrogen) atoms. The third kappa shape index (κ3) is 2.97. The zero-order valence-corrected chi connectivity index (χ0v) is 10.1. The van der Waals surface area contributed by atoms with Crippen LogP contribution in [0.3, 0.4) is 0 Å². The summed E-state index contributed by atoms with van der Waals surface area (Å²) in [5.41, 5.74) is 5.55. The number of carbonyl (C=O) groups excluding carboxylic acids is 1. The van der Waals surface area contributed by atoms with Gasteiger partial charge < -0.3 is 11.1 Å². The number of carbonyl (C=O) groups is 1. The molecule has 90 valence electrons. The number of nitrogens with one attached hydrogen (secondary N) is 1. The first-order valence-electron chi connectivity index (χ1n) is 5.13. The van der Waals surface area contributed by atoms with Crippen LogP contribution in [0.5, 0.6) is 0 Å². The topological polar surface area (TPSA) is 55.1 Å². The molecule has 0 saturated carbocycles. The normalized spacial score (nSPS) is 10.8. The molecule has 3 N–H and O–H groups in total. The Morgan fingerprint density at radius 3 is 2.59 bits per heavy atom.